The molecular weight excluding hydrogens is 422 g/mol. The topological polar surface area (TPSA) is 99.5 Å². The molecule has 0 saturated carbocycles. The third-order valence-corrected chi connectivity index (χ3v) is 6.37. The molecule has 4 heterocycles. The van der Waals surface area contributed by atoms with Crippen molar-refractivity contribution in [3.05, 3.63) is 63.4 Å². The molecule has 2 aromatic heterocycles. The molecule has 2 aliphatic rings. The molecule has 170 valence electrons. The van der Waals surface area contributed by atoms with E-state index in [4.69, 9.17) is 14.5 Å². The van der Waals surface area contributed by atoms with Gasteiger partial charge < -0.3 is 19.4 Å². The Morgan fingerprint density at radius 2 is 2.06 bits per heavy atom. The van der Waals surface area contributed by atoms with E-state index >= 15 is 0 Å². The fourth-order valence-corrected chi connectivity index (χ4v) is 4.68. The predicted octanol–water partition coefficient (Wildman–Crippen LogP) is 2.63. The van der Waals surface area contributed by atoms with Gasteiger partial charge in [0, 0.05) is 16.5 Å². The summed E-state index contributed by atoms with van der Waals surface area (Å²) in [5.41, 5.74) is 1.90. The Kier molecular flexibility index (Phi) is 5.25. The highest BCUT2D eigenvalue weighted by molar-refractivity contribution is 5.88. The van der Waals surface area contributed by atoms with E-state index in [1.807, 2.05) is 37.3 Å². The zero-order valence-corrected chi connectivity index (χ0v) is 18.6. The predicted molar refractivity (Wildman–Crippen MR) is 122 cm³/mol. The quantitative estimate of drug-likeness (QED) is 0.358. The maximum absolute atomic E-state index is 13.5. The molecule has 8 heteroatoms. The summed E-state index contributed by atoms with van der Waals surface area (Å²) >= 11 is 0. The van der Waals surface area contributed by atoms with Crippen LogP contribution < -0.4 is 10.9 Å². The van der Waals surface area contributed by atoms with Crippen LogP contribution in [0.25, 0.3) is 22.3 Å². The molecule has 0 fully saturated rings. The Bertz CT molecular complexity index is 1350. The molecule has 0 amide bonds. The number of ether oxygens (including phenoxy) is 2. The Labute approximate surface area is 190 Å². The van der Waals surface area contributed by atoms with Gasteiger partial charge in [-0.05, 0) is 37.6 Å². The first-order valence-corrected chi connectivity index (χ1v) is 11.2. The molecule has 1 atom stereocenters. The summed E-state index contributed by atoms with van der Waals surface area (Å²) in [4.78, 5) is 43.8. The van der Waals surface area contributed by atoms with Crippen LogP contribution in [0.5, 0.6) is 0 Å². The molecule has 0 radical (unpaired) electrons. The summed E-state index contributed by atoms with van der Waals surface area (Å²) in [6.07, 6.45) is 1.01. The highest BCUT2D eigenvalue weighted by atomic mass is 16.6. The summed E-state index contributed by atoms with van der Waals surface area (Å²) in [5, 5.41) is 3.98. The molecule has 3 aromatic rings. The van der Waals surface area contributed by atoms with Gasteiger partial charge in [0.1, 0.15) is 6.61 Å². The van der Waals surface area contributed by atoms with Crippen LogP contribution in [0.3, 0.4) is 0 Å². The van der Waals surface area contributed by atoms with Crippen LogP contribution in [0.1, 0.15) is 43.4 Å². The van der Waals surface area contributed by atoms with E-state index in [9.17, 15) is 14.4 Å². The van der Waals surface area contributed by atoms with Gasteiger partial charge in [0.15, 0.2) is 0 Å². The van der Waals surface area contributed by atoms with Crippen molar-refractivity contribution >= 4 is 22.8 Å². The lowest BCUT2D eigenvalue weighted by Gasteiger charge is -2.35. The minimum absolute atomic E-state index is 0.0293. The number of carbonyl (C=O) groups excluding carboxylic acids is 2. The van der Waals surface area contributed by atoms with Gasteiger partial charge >= 0.3 is 11.9 Å². The lowest BCUT2D eigenvalue weighted by atomic mass is 9.85. The van der Waals surface area contributed by atoms with Crippen molar-refractivity contribution in [1.82, 2.24) is 14.9 Å². The molecule has 1 aromatic carbocycles. The summed E-state index contributed by atoms with van der Waals surface area (Å²) in [5.74, 6) is -1.23. The van der Waals surface area contributed by atoms with Crippen molar-refractivity contribution in [2.45, 2.75) is 45.4 Å². The number of aromatic nitrogens is 2. The number of nitrogens with one attached hydrogen (secondary N) is 1. The van der Waals surface area contributed by atoms with Gasteiger partial charge in [-0.1, -0.05) is 32.0 Å². The summed E-state index contributed by atoms with van der Waals surface area (Å²) in [6, 6.07) is 11.6. The van der Waals surface area contributed by atoms with Gasteiger partial charge in [-0.25, -0.2) is 9.78 Å². The summed E-state index contributed by atoms with van der Waals surface area (Å²) in [7, 11) is 0. The van der Waals surface area contributed by atoms with Gasteiger partial charge in [-0.3, -0.25) is 9.59 Å². The van der Waals surface area contributed by atoms with Crippen molar-refractivity contribution < 1.29 is 19.1 Å². The first-order chi connectivity index (χ1) is 16.0. The number of esters is 2. The molecule has 0 spiro atoms. The average Bonchev–Trinajstić information content (AvgIpc) is 3.17. The third kappa shape index (κ3) is 3.33. The first kappa shape index (κ1) is 21.3. The van der Waals surface area contributed by atoms with Crippen LogP contribution in [0, 0.1) is 0 Å². The average molecular weight is 447 g/mol. The van der Waals surface area contributed by atoms with E-state index in [2.05, 4.69) is 5.32 Å². The first-order valence-electron chi connectivity index (χ1n) is 11.2. The zero-order chi connectivity index (χ0) is 23.2. The minimum atomic E-state index is -1.66. The molecular formula is C25H25N3O5. The number of hydrogen-bond donors (Lipinski definition) is 1. The fourth-order valence-electron chi connectivity index (χ4n) is 4.68. The van der Waals surface area contributed by atoms with E-state index in [1.54, 1.807) is 17.6 Å². The van der Waals surface area contributed by atoms with Crippen molar-refractivity contribution in [1.29, 1.82) is 0 Å². The van der Waals surface area contributed by atoms with Crippen molar-refractivity contribution in [3.63, 3.8) is 0 Å². The summed E-state index contributed by atoms with van der Waals surface area (Å²) < 4.78 is 12.7. The molecule has 8 nitrogen and oxygen atoms in total. The monoisotopic (exact) mass is 447 g/mol. The Balaban J connectivity index is 1.64. The maximum Gasteiger partial charge on any atom is 0.355 e. The van der Waals surface area contributed by atoms with Gasteiger partial charge in [0.05, 0.1) is 35.6 Å². The van der Waals surface area contributed by atoms with Crippen LogP contribution in [0.2, 0.25) is 0 Å². The lowest BCUT2D eigenvalue weighted by molar-refractivity contribution is -0.189. The van der Waals surface area contributed by atoms with Gasteiger partial charge in [-0.15, -0.1) is 0 Å². The number of benzene rings is 1. The standard InChI is InChI=1S/C25H25N3O5/c1-3-9-26-12-21(29)33-25(4-2)18-11-20-22-16(10-15-7-5-6-8-19(15)27-22)13-28(20)23(30)17(18)14-32-24(25)31/h5-8,10-11,26H,3-4,9,12-14H2,1-2H3. The molecule has 0 saturated heterocycles. The minimum Gasteiger partial charge on any atom is -0.457 e. The van der Waals surface area contributed by atoms with E-state index in [-0.39, 0.29) is 25.1 Å². The number of hydrogen-bond acceptors (Lipinski definition) is 7. The summed E-state index contributed by atoms with van der Waals surface area (Å²) in [6.45, 7) is 4.60. The van der Waals surface area contributed by atoms with Crippen LogP contribution in [0.4, 0.5) is 0 Å². The van der Waals surface area contributed by atoms with Crippen LogP contribution in [0.15, 0.2) is 41.2 Å². The normalized spacial score (nSPS) is 18.4. The Morgan fingerprint density at radius 3 is 2.85 bits per heavy atom. The SMILES string of the molecule is CCCNCC(=O)OC1(CC)C(=O)OCc2c1cc1n(c2=O)Cc2cc3ccccc3nc2-1. The van der Waals surface area contributed by atoms with Crippen LogP contribution in [-0.2, 0) is 37.8 Å². The number of fused-ring (bicyclic) bond motifs is 5. The number of nitrogens with zero attached hydrogens (tertiary/aromatic N) is 2. The van der Waals surface area contributed by atoms with Crippen molar-refractivity contribution in [2.24, 2.45) is 0 Å². The number of carbonyl (C=O) groups is 2. The Morgan fingerprint density at radius 1 is 1.24 bits per heavy atom. The molecule has 1 N–H and O–H groups in total. The second-order valence-electron chi connectivity index (χ2n) is 8.41. The molecule has 33 heavy (non-hydrogen) atoms. The Hall–Kier alpha value is -3.52. The largest absolute Gasteiger partial charge is 0.457 e. The van der Waals surface area contributed by atoms with Crippen LogP contribution >= 0.6 is 0 Å². The zero-order valence-electron chi connectivity index (χ0n) is 18.6. The molecule has 2 aliphatic heterocycles. The number of para-hydroxylation sites is 1. The lowest BCUT2D eigenvalue weighted by Crippen LogP contribution is -2.48. The molecule has 0 bridgehead atoms. The number of cyclic esters (lactones) is 1. The third-order valence-electron chi connectivity index (χ3n) is 6.37. The van der Waals surface area contributed by atoms with Gasteiger partial charge in [0.2, 0.25) is 5.60 Å². The second-order valence-corrected chi connectivity index (χ2v) is 8.41. The smallest absolute Gasteiger partial charge is 0.355 e. The highest BCUT2D eigenvalue weighted by Gasteiger charge is 2.50. The van der Waals surface area contributed by atoms with Crippen LogP contribution in [-0.4, -0.2) is 34.6 Å². The molecule has 5 rings (SSSR count). The van der Waals surface area contributed by atoms with E-state index < -0.39 is 17.5 Å². The van der Waals surface area contributed by atoms with E-state index in [0.717, 1.165) is 22.9 Å². The van der Waals surface area contributed by atoms with E-state index in [0.29, 0.717) is 35.6 Å². The fraction of sp³-hybridized carbons (Fsp3) is 0.360. The maximum atomic E-state index is 13.5. The number of rotatable bonds is 6. The van der Waals surface area contributed by atoms with E-state index in [1.165, 1.54) is 0 Å². The van der Waals surface area contributed by atoms with Crippen molar-refractivity contribution in [3.8, 4) is 11.4 Å². The number of pyridine rings is 2. The highest BCUT2D eigenvalue weighted by Crippen LogP contribution is 2.40. The van der Waals surface area contributed by atoms with Crippen molar-refractivity contribution in [2.75, 3.05) is 13.1 Å². The van der Waals surface area contributed by atoms with Gasteiger partial charge in [0.25, 0.3) is 5.56 Å². The second kappa shape index (κ2) is 8.12. The molecule has 1 unspecified atom stereocenters. The van der Waals surface area contributed by atoms with Gasteiger partial charge in [-0.2, -0.15) is 0 Å². The molecule has 0 aliphatic carbocycles.